The quantitative estimate of drug-likeness (QED) is 0.686. The van der Waals surface area contributed by atoms with Gasteiger partial charge in [-0.15, -0.1) is 11.3 Å². The van der Waals surface area contributed by atoms with E-state index in [1.165, 1.54) is 4.88 Å². The summed E-state index contributed by atoms with van der Waals surface area (Å²) >= 11 is 1.67. The summed E-state index contributed by atoms with van der Waals surface area (Å²) < 4.78 is 5.72. The molecule has 4 rings (SSSR count). The largest absolute Gasteiger partial charge is 0.372 e. The highest BCUT2D eigenvalue weighted by Crippen LogP contribution is 2.40. The molecule has 0 radical (unpaired) electrons. The Hall–Kier alpha value is -2.51. The zero-order valence-corrected chi connectivity index (χ0v) is 17.8. The van der Waals surface area contributed by atoms with Gasteiger partial charge in [-0.2, -0.15) is 0 Å². The molecular formula is C22H26N4O2S. The molecule has 3 heterocycles. The molecule has 29 heavy (non-hydrogen) atoms. The molecule has 0 saturated carbocycles. The number of nitrogens with zero attached hydrogens (tertiary/aromatic N) is 3. The molecule has 0 aliphatic carbocycles. The molecule has 2 aromatic heterocycles. The normalized spacial score (nSPS) is 19.5. The molecule has 2 atom stereocenters. The van der Waals surface area contributed by atoms with E-state index >= 15 is 0 Å². The smallest absolute Gasteiger partial charge is 0.224 e. The Balaban J connectivity index is 1.51. The molecule has 7 heteroatoms. The van der Waals surface area contributed by atoms with Crippen LogP contribution in [0.4, 0.5) is 5.82 Å². The number of nitrogens with one attached hydrogen (secondary N) is 1. The van der Waals surface area contributed by atoms with Gasteiger partial charge in [0.1, 0.15) is 17.0 Å². The number of benzene rings is 1. The second-order valence-electron chi connectivity index (χ2n) is 7.53. The van der Waals surface area contributed by atoms with Gasteiger partial charge in [-0.25, -0.2) is 9.97 Å². The van der Waals surface area contributed by atoms with Crippen molar-refractivity contribution in [3.8, 4) is 11.1 Å². The second kappa shape index (κ2) is 8.47. The summed E-state index contributed by atoms with van der Waals surface area (Å²) in [5.41, 5.74) is 2.32. The number of hydrogen-bond donors (Lipinski definition) is 1. The van der Waals surface area contributed by atoms with Gasteiger partial charge in [0, 0.05) is 36.5 Å². The summed E-state index contributed by atoms with van der Waals surface area (Å²) in [6, 6.07) is 10.3. The first-order chi connectivity index (χ1) is 14.0. The highest BCUT2D eigenvalue weighted by molar-refractivity contribution is 7.19. The summed E-state index contributed by atoms with van der Waals surface area (Å²) in [5.74, 6) is 0.935. The van der Waals surface area contributed by atoms with Crippen LogP contribution < -0.4 is 5.32 Å². The van der Waals surface area contributed by atoms with Crippen molar-refractivity contribution >= 4 is 33.3 Å². The van der Waals surface area contributed by atoms with Crippen molar-refractivity contribution in [2.75, 3.05) is 25.0 Å². The summed E-state index contributed by atoms with van der Waals surface area (Å²) in [7, 11) is 0. The van der Waals surface area contributed by atoms with Crippen molar-refractivity contribution in [1.29, 1.82) is 0 Å². The van der Waals surface area contributed by atoms with Crippen molar-refractivity contribution < 1.29 is 9.53 Å². The number of aryl methyl sites for hydroxylation is 1. The first-order valence-electron chi connectivity index (χ1n) is 9.99. The molecule has 1 fully saturated rings. The van der Waals surface area contributed by atoms with Crippen molar-refractivity contribution in [3.05, 3.63) is 41.5 Å². The maximum atomic E-state index is 12.6. The first kappa shape index (κ1) is 19.8. The van der Waals surface area contributed by atoms with E-state index in [4.69, 9.17) is 4.74 Å². The van der Waals surface area contributed by atoms with Gasteiger partial charge in [0.2, 0.25) is 5.91 Å². The highest BCUT2D eigenvalue weighted by atomic mass is 32.1. The molecule has 1 aliphatic rings. The summed E-state index contributed by atoms with van der Waals surface area (Å²) in [6.45, 7) is 7.98. The summed E-state index contributed by atoms with van der Waals surface area (Å²) in [4.78, 5) is 25.6. The average molecular weight is 411 g/mol. The monoisotopic (exact) mass is 410 g/mol. The van der Waals surface area contributed by atoms with Crippen molar-refractivity contribution in [3.63, 3.8) is 0 Å². The van der Waals surface area contributed by atoms with Crippen molar-refractivity contribution in [2.45, 2.75) is 39.4 Å². The molecule has 1 saturated heterocycles. The number of hydrogen-bond acceptors (Lipinski definition) is 6. The van der Waals surface area contributed by atoms with Gasteiger partial charge in [-0.1, -0.05) is 30.3 Å². The minimum Gasteiger partial charge on any atom is -0.372 e. The van der Waals surface area contributed by atoms with E-state index < -0.39 is 0 Å². The fourth-order valence-electron chi connectivity index (χ4n) is 3.96. The van der Waals surface area contributed by atoms with E-state index in [1.807, 2.05) is 36.9 Å². The predicted molar refractivity (Wildman–Crippen MR) is 117 cm³/mol. The Kier molecular flexibility index (Phi) is 5.78. The van der Waals surface area contributed by atoms with Crippen LogP contribution in [0.2, 0.25) is 0 Å². The average Bonchev–Trinajstić information content (AvgIpc) is 3.04. The van der Waals surface area contributed by atoms with Gasteiger partial charge >= 0.3 is 0 Å². The van der Waals surface area contributed by atoms with E-state index in [-0.39, 0.29) is 18.1 Å². The minimum absolute atomic E-state index is 0.0827. The lowest BCUT2D eigenvalue weighted by atomic mass is 10.0. The third kappa shape index (κ3) is 4.26. The number of aromatic nitrogens is 2. The number of anilines is 1. The molecule has 0 bridgehead atoms. The van der Waals surface area contributed by atoms with Crippen LogP contribution in [0.15, 0.2) is 36.7 Å². The van der Waals surface area contributed by atoms with E-state index in [0.29, 0.717) is 26.1 Å². The molecule has 3 aromatic rings. The number of thiophene rings is 1. The van der Waals surface area contributed by atoms with Crippen LogP contribution >= 0.6 is 11.3 Å². The second-order valence-corrected chi connectivity index (χ2v) is 8.74. The summed E-state index contributed by atoms with van der Waals surface area (Å²) in [5, 5.41) is 4.41. The van der Waals surface area contributed by atoms with Crippen LogP contribution in [0.1, 0.15) is 25.1 Å². The topological polar surface area (TPSA) is 67.4 Å². The zero-order valence-electron chi connectivity index (χ0n) is 17.0. The third-order valence-electron chi connectivity index (χ3n) is 5.13. The lowest BCUT2D eigenvalue weighted by molar-refractivity contribution is -0.142. The van der Waals surface area contributed by atoms with Gasteiger partial charge in [0.25, 0.3) is 0 Å². The van der Waals surface area contributed by atoms with Gasteiger partial charge < -0.3 is 15.0 Å². The van der Waals surface area contributed by atoms with Crippen molar-refractivity contribution in [2.24, 2.45) is 0 Å². The number of morpholine rings is 1. The standard InChI is InChI=1S/C22H26N4O2S/c1-14-11-26(12-15(2)28-14)18(27)9-10-23-21-20-19(17-7-5-4-6-8-17)16(3)29-22(20)25-13-24-21/h4-8,13-15H,9-12H2,1-3H3,(H,23,24,25). The molecule has 1 N–H and O–H groups in total. The van der Waals surface area contributed by atoms with Gasteiger partial charge in [0.05, 0.1) is 17.6 Å². The van der Waals surface area contributed by atoms with E-state index in [0.717, 1.165) is 27.2 Å². The van der Waals surface area contributed by atoms with Crippen LogP contribution in [0.25, 0.3) is 21.3 Å². The van der Waals surface area contributed by atoms with Crippen LogP contribution in [-0.2, 0) is 9.53 Å². The lowest BCUT2D eigenvalue weighted by Gasteiger charge is -2.35. The third-order valence-corrected chi connectivity index (χ3v) is 6.14. The maximum absolute atomic E-state index is 12.6. The van der Waals surface area contributed by atoms with Crippen LogP contribution in [0, 0.1) is 6.92 Å². The van der Waals surface area contributed by atoms with E-state index in [2.05, 4.69) is 34.3 Å². The summed E-state index contributed by atoms with van der Waals surface area (Å²) in [6.07, 6.45) is 2.18. The first-order valence-corrected chi connectivity index (χ1v) is 10.8. The van der Waals surface area contributed by atoms with Crippen LogP contribution in [0.3, 0.4) is 0 Å². The zero-order chi connectivity index (χ0) is 20.4. The fraction of sp³-hybridized carbons (Fsp3) is 0.409. The number of fused-ring (bicyclic) bond motifs is 1. The predicted octanol–water partition coefficient (Wildman–Crippen LogP) is 4.10. The minimum atomic E-state index is 0.0827. The molecule has 1 amide bonds. The molecular weight excluding hydrogens is 384 g/mol. The van der Waals surface area contributed by atoms with E-state index in [9.17, 15) is 4.79 Å². The number of ether oxygens (including phenoxy) is 1. The molecule has 6 nitrogen and oxygen atoms in total. The van der Waals surface area contributed by atoms with Gasteiger partial charge in [0.15, 0.2) is 0 Å². The molecule has 2 unspecified atom stereocenters. The molecule has 0 spiro atoms. The molecule has 152 valence electrons. The van der Waals surface area contributed by atoms with Gasteiger partial charge in [-0.3, -0.25) is 4.79 Å². The number of carbonyl (C=O) groups excluding carboxylic acids is 1. The number of carbonyl (C=O) groups is 1. The van der Waals surface area contributed by atoms with Gasteiger partial charge in [-0.05, 0) is 26.3 Å². The Morgan fingerprint density at radius 3 is 2.66 bits per heavy atom. The molecule has 1 aliphatic heterocycles. The Bertz CT molecular complexity index is 995. The van der Waals surface area contributed by atoms with Crippen LogP contribution in [0.5, 0.6) is 0 Å². The SMILES string of the molecule is Cc1sc2ncnc(NCCC(=O)N3CC(C)OC(C)C3)c2c1-c1ccccc1. The van der Waals surface area contributed by atoms with E-state index in [1.54, 1.807) is 17.7 Å². The van der Waals surface area contributed by atoms with Crippen LogP contribution in [-0.4, -0.2) is 52.6 Å². The Morgan fingerprint density at radius 2 is 1.93 bits per heavy atom. The Morgan fingerprint density at radius 1 is 1.21 bits per heavy atom. The number of amides is 1. The van der Waals surface area contributed by atoms with Crippen molar-refractivity contribution in [1.82, 2.24) is 14.9 Å². The fourth-order valence-corrected chi connectivity index (χ4v) is 4.97. The maximum Gasteiger partial charge on any atom is 0.224 e. The highest BCUT2D eigenvalue weighted by Gasteiger charge is 2.25. The number of rotatable bonds is 5. The molecule has 1 aromatic carbocycles. The Labute approximate surface area is 174 Å². The lowest BCUT2D eigenvalue weighted by Crippen LogP contribution is -2.48.